The predicted molar refractivity (Wildman–Crippen MR) is 74.5 cm³/mol. The molecule has 18 heavy (non-hydrogen) atoms. The van der Waals surface area contributed by atoms with Crippen LogP contribution in [0.3, 0.4) is 0 Å². The second-order valence-electron chi connectivity index (χ2n) is 3.72. The molecule has 2 rings (SSSR count). The molecule has 0 aliphatic carbocycles. The molecule has 0 aliphatic heterocycles. The Hall–Kier alpha value is -1.55. The van der Waals surface area contributed by atoms with Gasteiger partial charge in [0.1, 0.15) is 18.2 Å². The molecule has 0 fully saturated rings. The van der Waals surface area contributed by atoms with E-state index in [1.807, 2.05) is 30.3 Å². The molecule has 1 N–H and O–H groups in total. The number of rotatable bonds is 5. The monoisotopic (exact) mass is 309 g/mol. The molecule has 94 valence electrons. The summed E-state index contributed by atoms with van der Waals surface area (Å²) < 4.78 is 18.9. The van der Waals surface area contributed by atoms with Crippen molar-refractivity contribution in [2.45, 2.75) is 0 Å². The van der Waals surface area contributed by atoms with Crippen LogP contribution in [0, 0.1) is 5.82 Å². The highest BCUT2D eigenvalue weighted by molar-refractivity contribution is 9.10. The summed E-state index contributed by atoms with van der Waals surface area (Å²) in [4.78, 5) is 0. The molecule has 0 atom stereocenters. The normalized spacial score (nSPS) is 10.1. The van der Waals surface area contributed by atoms with E-state index in [0.29, 0.717) is 23.4 Å². The first-order valence-corrected chi connectivity index (χ1v) is 6.42. The molecule has 0 aromatic heterocycles. The zero-order valence-electron chi connectivity index (χ0n) is 9.70. The van der Waals surface area contributed by atoms with Crippen molar-refractivity contribution in [1.82, 2.24) is 0 Å². The van der Waals surface area contributed by atoms with Gasteiger partial charge in [-0.05, 0) is 46.3 Å². The molecule has 0 amide bonds. The van der Waals surface area contributed by atoms with Crippen LogP contribution < -0.4 is 10.1 Å². The van der Waals surface area contributed by atoms with E-state index in [1.54, 1.807) is 12.1 Å². The van der Waals surface area contributed by atoms with Gasteiger partial charge in [-0.2, -0.15) is 0 Å². The van der Waals surface area contributed by atoms with Gasteiger partial charge in [0.15, 0.2) is 0 Å². The average molecular weight is 310 g/mol. The zero-order chi connectivity index (χ0) is 12.8. The van der Waals surface area contributed by atoms with E-state index >= 15 is 0 Å². The van der Waals surface area contributed by atoms with Gasteiger partial charge in [-0.3, -0.25) is 0 Å². The summed E-state index contributed by atoms with van der Waals surface area (Å²) in [7, 11) is 0. The number of anilines is 1. The Labute approximate surface area is 114 Å². The quantitative estimate of drug-likeness (QED) is 0.840. The highest BCUT2D eigenvalue weighted by Crippen LogP contribution is 2.21. The molecule has 0 aliphatic rings. The van der Waals surface area contributed by atoms with Crippen molar-refractivity contribution < 1.29 is 9.13 Å². The van der Waals surface area contributed by atoms with Crippen molar-refractivity contribution in [3.8, 4) is 5.75 Å². The molecular formula is C14H13BrFNO. The number of nitrogens with one attached hydrogen (secondary N) is 1. The SMILES string of the molecule is Fc1ccc(OCCNc2ccccc2)cc1Br. The maximum atomic E-state index is 13.0. The van der Waals surface area contributed by atoms with Crippen LogP contribution in [0.2, 0.25) is 0 Å². The topological polar surface area (TPSA) is 21.3 Å². The summed E-state index contributed by atoms with van der Waals surface area (Å²) in [5.74, 6) is 0.364. The van der Waals surface area contributed by atoms with Gasteiger partial charge in [-0.25, -0.2) is 4.39 Å². The summed E-state index contributed by atoms with van der Waals surface area (Å²) in [6, 6.07) is 14.5. The lowest BCUT2D eigenvalue weighted by Gasteiger charge is -2.08. The molecule has 0 saturated heterocycles. The first-order valence-electron chi connectivity index (χ1n) is 5.62. The van der Waals surface area contributed by atoms with Gasteiger partial charge in [-0.1, -0.05) is 18.2 Å². The van der Waals surface area contributed by atoms with Crippen LogP contribution in [0.15, 0.2) is 53.0 Å². The van der Waals surface area contributed by atoms with Crippen LogP contribution in [0.25, 0.3) is 0 Å². The van der Waals surface area contributed by atoms with Crippen molar-refractivity contribution >= 4 is 21.6 Å². The van der Waals surface area contributed by atoms with Crippen molar-refractivity contribution in [3.63, 3.8) is 0 Å². The van der Waals surface area contributed by atoms with Crippen molar-refractivity contribution in [3.05, 3.63) is 58.8 Å². The van der Waals surface area contributed by atoms with Gasteiger partial charge in [0, 0.05) is 12.2 Å². The van der Waals surface area contributed by atoms with Crippen molar-refractivity contribution in [2.24, 2.45) is 0 Å². The van der Waals surface area contributed by atoms with Crippen LogP contribution >= 0.6 is 15.9 Å². The summed E-state index contributed by atoms with van der Waals surface area (Å²) in [6.45, 7) is 1.21. The zero-order valence-corrected chi connectivity index (χ0v) is 11.3. The molecule has 0 bridgehead atoms. The second kappa shape index (κ2) is 6.40. The third-order valence-electron chi connectivity index (χ3n) is 2.36. The van der Waals surface area contributed by atoms with Crippen LogP contribution in [-0.2, 0) is 0 Å². The minimum atomic E-state index is -0.287. The first kappa shape index (κ1) is 12.9. The van der Waals surface area contributed by atoms with Crippen LogP contribution in [0.1, 0.15) is 0 Å². The highest BCUT2D eigenvalue weighted by atomic mass is 79.9. The molecule has 0 radical (unpaired) electrons. The molecule has 2 aromatic rings. The van der Waals surface area contributed by atoms with Crippen molar-refractivity contribution in [2.75, 3.05) is 18.5 Å². The molecule has 2 aromatic carbocycles. The van der Waals surface area contributed by atoms with Gasteiger partial charge in [-0.15, -0.1) is 0 Å². The van der Waals surface area contributed by atoms with Gasteiger partial charge in [0.05, 0.1) is 4.47 Å². The van der Waals surface area contributed by atoms with Crippen molar-refractivity contribution in [1.29, 1.82) is 0 Å². The maximum Gasteiger partial charge on any atom is 0.137 e. The number of halogens is 2. The van der Waals surface area contributed by atoms with Gasteiger partial charge >= 0.3 is 0 Å². The van der Waals surface area contributed by atoms with E-state index in [2.05, 4.69) is 21.2 Å². The number of hydrogen-bond acceptors (Lipinski definition) is 2. The third kappa shape index (κ3) is 3.74. The minimum absolute atomic E-state index is 0.287. The Bertz CT molecular complexity index is 504. The van der Waals surface area contributed by atoms with Gasteiger partial charge < -0.3 is 10.1 Å². The van der Waals surface area contributed by atoms with Crippen LogP contribution in [0.4, 0.5) is 10.1 Å². The van der Waals surface area contributed by atoms with Gasteiger partial charge in [0.25, 0.3) is 0 Å². The molecular weight excluding hydrogens is 297 g/mol. The van der Waals surface area contributed by atoms with E-state index in [0.717, 1.165) is 5.69 Å². The standard InChI is InChI=1S/C14H13BrFNO/c15-13-10-12(6-7-14(13)16)18-9-8-17-11-4-2-1-3-5-11/h1-7,10,17H,8-9H2. The fourth-order valence-electron chi connectivity index (χ4n) is 1.49. The average Bonchev–Trinajstić information content (AvgIpc) is 2.40. The molecule has 0 unspecified atom stereocenters. The van der Waals surface area contributed by atoms with E-state index in [-0.39, 0.29) is 5.82 Å². The Morgan fingerprint density at radius 2 is 1.89 bits per heavy atom. The van der Waals surface area contributed by atoms with E-state index < -0.39 is 0 Å². The van der Waals surface area contributed by atoms with Crippen LogP contribution in [0.5, 0.6) is 5.75 Å². The Kier molecular flexibility index (Phi) is 4.59. The van der Waals surface area contributed by atoms with E-state index in [9.17, 15) is 4.39 Å². The fraction of sp³-hybridized carbons (Fsp3) is 0.143. The number of ether oxygens (including phenoxy) is 1. The highest BCUT2D eigenvalue weighted by Gasteiger charge is 2.00. The number of para-hydroxylation sites is 1. The van der Waals surface area contributed by atoms with Gasteiger partial charge in [0.2, 0.25) is 0 Å². The number of hydrogen-bond donors (Lipinski definition) is 1. The summed E-state index contributed by atoms with van der Waals surface area (Å²) in [5.41, 5.74) is 1.06. The summed E-state index contributed by atoms with van der Waals surface area (Å²) >= 11 is 3.12. The Morgan fingerprint density at radius 3 is 2.61 bits per heavy atom. The number of benzene rings is 2. The van der Waals surface area contributed by atoms with E-state index in [1.165, 1.54) is 6.07 Å². The smallest absolute Gasteiger partial charge is 0.137 e. The Morgan fingerprint density at radius 1 is 1.11 bits per heavy atom. The lowest BCUT2D eigenvalue weighted by Crippen LogP contribution is -2.11. The summed E-state index contributed by atoms with van der Waals surface area (Å²) in [5, 5.41) is 3.23. The molecule has 2 nitrogen and oxygen atoms in total. The maximum absolute atomic E-state index is 13.0. The second-order valence-corrected chi connectivity index (χ2v) is 4.57. The Balaban J connectivity index is 1.77. The third-order valence-corrected chi connectivity index (χ3v) is 2.97. The molecule has 0 heterocycles. The summed E-state index contributed by atoms with van der Waals surface area (Å²) in [6.07, 6.45) is 0. The molecule has 0 saturated carbocycles. The fourth-order valence-corrected chi connectivity index (χ4v) is 1.84. The predicted octanol–water partition coefficient (Wildman–Crippen LogP) is 4.08. The van der Waals surface area contributed by atoms with Crippen LogP contribution in [-0.4, -0.2) is 13.2 Å². The lowest BCUT2D eigenvalue weighted by molar-refractivity contribution is 0.332. The molecule has 0 spiro atoms. The lowest BCUT2D eigenvalue weighted by atomic mass is 10.3. The van der Waals surface area contributed by atoms with E-state index in [4.69, 9.17) is 4.74 Å². The molecule has 4 heteroatoms. The first-order chi connectivity index (χ1) is 8.75. The largest absolute Gasteiger partial charge is 0.492 e. The minimum Gasteiger partial charge on any atom is -0.492 e.